The second-order valence-electron chi connectivity index (χ2n) is 6.80. The third kappa shape index (κ3) is 3.91. The lowest BCUT2D eigenvalue weighted by atomic mass is 10.1. The number of amides is 1. The van der Waals surface area contributed by atoms with Crippen molar-refractivity contribution in [3.8, 4) is 0 Å². The zero-order chi connectivity index (χ0) is 19.1. The Morgan fingerprint density at radius 3 is 2.65 bits per heavy atom. The molecule has 0 saturated heterocycles. The number of halogens is 3. The summed E-state index contributed by atoms with van der Waals surface area (Å²) in [5, 5.41) is 10.7. The summed E-state index contributed by atoms with van der Waals surface area (Å²) in [4.78, 5) is 12.2. The van der Waals surface area contributed by atoms with Crippen molar-refractivity contribution < 1.29 is 18.0 Å². The monoisotopic (exact) mass is 369 g/mol. The van der Waals surface area contributed by atoms with Crippen molar-refractivity contribution >= 4 is 5.91 Å². The topological polar surface area (TPSA) is 64.7 Å². The molecular weight excluding hydrogens is 347 g/mol. The third-order valence-electron chi connectivity index (χ3n) is 4.77. The van der Waals surface area contributed by atoms with Crippen molar-refractivity contribution in [3.05, 3.63) is 34.9 Å². The van der Waals surface area contributed by atoms with Crippen LogP contribution in [0.5, 0.6) is 0 Å². The summed E-state index contributed by atoms with van der Waals surface area (Å²) in [6, 6.07) is 0.888. The summed E-state index contributed by atoms with van der Waals surface area (Å²) < 4.78 is 41.8. The van der Waals surface area contributed by atoms with Gasteiger partial charge in [-0.1, -0.05) is 0 Å². The van der Waals surface area contributed by atoms with E-state index >= 15 is 0 Å². The first-order valence-electron chi connectivity index (χ1n) is 8.59. The number of carbonyl (C=O) groups excluding carboxylic acids is 1. The molecule has 2 aromatic rings. The Kier molecular flexibility index (Phi) is 4.81. The molecule has 1 atom stereocenters. The number of nitrogens with one attached hydrogen (secondary N) is 1. The van der Waals surface area contributed by atoms with E-state index < -0.39 is 11.9 Å². The van der Waals surface area contributed by atoms with Crippen molar-refractivity contribution in [2.24, 2.45) is 7.05 Å². The lowest BCUT2D eigenvalue weighted by Crippen LogP contribution is -2.28. The number of aromatic nitrogens is 4. The molecule has 0 bridgehead atoms. The van der Waals surface area contributed by atoms with Crippen molar-refractivity contribution in [1.29, 1.82) is 0 Å². The van der Waals surface area contributed by atoms with Crippen LogP contribution >= 0.6 is 0 Å². The van der Waals surface area contributed by atoms with Crippen LogP contribution in [0.1, 0.15) is 60.8 Å². The number of hydrogen-bond acceptors (Lipinski definition) is 3. The Hall–Kier alpha value is -2.32. The van der Waals surface area contributed by atoms with Gasteiger partial charge in [0.1, 0.15) is 0 Å². The van der Waals surface area contributed by atoms with Crippen LogP contribution in [0.2, 0.25) is 0 Å². The lowest BCUT2D eigenvalue weighted by Gasteiger charge is -2.14. The van der Waals surface area contributed by atoms with E-state index in [1.54, 1.807) is 10.9 Å². The summed E-state index contributed by atoms with van der Waals surface area (Å²) >= 11 is 0. The summed E-state index contributed by atoms with van der Waals surface area (Å²) in [5.41, 5.74) is 1.55. The fourth-order valence-electron chi connectivity index (χ4n) is 3.00. The highest BCUT2D eigenvalue weighted by atomic mass is 19.4. The molecule has 1 aliphatic carbocycles. The first kappa shape index (κ1) is 18.5. The molecule has 3 rings (SSSR count). The number of alkyl halides is 3. The molecule has 1 fully saturated rings. The largest absolute Gasteiger partial charge is 0.435 e. The Labute approximate surface area is 149 Å². The maximum atomic E-state index is 12.9. The molecule has 26 heavy (non-hydrogen) atoms. The first-order valence-corrected chi connectivity index (χ1v) is 8.59. The van der Waals surface area contributed by atoms with Gasteiger partial charge in [-0.15, -0.1) is 0 Å². The average Bonchev–Trinajstić information content (AvgIpc) is 3.21. The minimum atomic E-state index is -4.47. The van der Waals surface area contributed by atoms with Gasteiger partial charge in [0, 0.05) is 42.9 Å². The molecule has 1 unspecified atom stereocenters. The van der Waals surface area contributed by atoms with E-state index in [-0.39, 0.29) is 30.8 Å². The van der Waals surface area contributed by atoms with Gasteiger partial charge in [-0.3, -0.25) is 14.2 Å². The van der Waals surface area contributed by atoms with Gasteiger partial charge in [0.15, 0.2) is 5.69 Å². The van der Waals surface area contributed by atoms with E-state index in [1.165, 1.54) is 4.68 Å². The lowest BCUT2D eigenvalue weighted by molar-refractivity contribution is -0.141. The molecule has 0 aliphatic heterocycles. The van der Waals surface area contributed by atoms with Crippen molar-refractivity contribution in [3.63, 3.8) is 0 Å². The van der Waals surface area contributed by atoms with Crippen LogP contribution in [0.4, 0.5) is 13.2 Å². The van der Waals surface area contributed by atoms with Crippen LogP contribution in [0.25, 0.3) is 0 Å². The minimum Gasteiger partial charge on any atom is -0.349 e. The number of hydrogen-bond donors (Lipinski definition) is 1. The molecule has 1 N–H and O–H groups in total. The van der Waals surface area contributed by atoms with Gasteiger partial charge in [0.05, 0.1) is 12.2 Å². The summed E-state index contributed by atoms with van der Waals surface area (Å²) in [7, 11) is 1.82. The predicted molar refractivity (Wildman–Crippen MR) is 88.3 cm³/mol. The Balaban J connectivity index is 1.62. The molecule has 1 aliphatic rings. The number of nitrogens with zero attached hydrogens (tertiary/aromatic N) is 4. The van der Waals surface area contributed by atoms with Gasteiger partial charge in [0.2, 0.25) is 5.91 Å². The van der Waals surface area contributed by atoms with Crippen LogP contribution in [0.3, 0.4) is 0 Å². The molecular formula is C17H22F3N5O. The summed E-state index contributed by atoms with van der Waals surface area (Å²) in [6.07, 6.45) is -0.959. The molecule has 142 valence electrons. The highest BCUT2D eigenvalue weighted by Crippen LogP contribution is 2.42. The predicted octanol–water partition coefficient (Wildman–Crippen LogP) is 3.09. The second-order valence-corrected chi connectivity index (χ2v) is 6.80. The van der Waals surface area contributed by atoms with Crippen LogP contribution in [0.15, 0.2) is 12.3 Å². The van der Waals surface area contributed by atoms with Crippen LogP contribution in [-0.4, -0.2) is 25.5 Å². The Bertz CT molecular complexity index is 804. The third-order valence-corrected chi connectivity index (χ3v) is 4.77. The zero-order valence-corrected chi connectivity index (χ0v) is 15.0. The van der Waals surface area contributed by atoms with Crippen LogP contribution in [0, 0.1) is 6.92 Å². The van der Waals surface area contributed by atoms with Gasteiger partial charge < -0.3 is 5.32 Å². The molecule has 1 amide bonds. The van der Waals surface area contributed by atoms with E-state index in [1.807, 2.05) is 20.9 Å². The number of carbonyl (C=O) groups is 1. The first-order chi connectivity index (χ1) is 12.2. The average molecular weight is 369 g/mol. The fourth-order valence-corrected chi connectivity index (χ4v) is 3.00. The van der Waals surface area contributed by atoms with Crippen molar-refractivity contribution in [2.75, 3.05) is 0 Å². The van der Waals surface area contributed by atoms with E-state index in [0.717, 1.165) is 30.2 Å². The van der Waals surface area contributed by atoms with Gasteiger partial charge in [-0.25, -0.2) is 0 Å². The van der Waals surface area contributed by atoms with E-state index in [4.69, 9.17) is 0 Å². The molecule has 6 nitrogen and oxygen atoms in total. The Morgan fingerprint density at radius 1 is 1.42 bits per heavy atom. The maximum Gasteiger partial charge on any atom is 0.435 e. The van der Waals surface area contributed by atoms with Crippen molar-refractivity contribution in [1.82, 2.24) is 24.9 Å². The molecule has 0 aromatic carbocycles. The zero-order valence-electron chi connectivity index (χ0n) is 15.0. The van der Waals surface area contributed by atoms with E-state index in [2.05, 4.69) is 15.5 Å². The quantitative estimate of drug-likeness (QED) is 0.851. The van der Waals surface area contributed by atoms with E-state index in [9.17, 15) is 18.0 Å². The molecule has 2 heterocycles. The van der Waals surface area contributed by atoms with Gasteiger partial charge in [0.25, 0.3) is 0 Å². The molecule has 1 saturated carbocycles. The molecule has 9 heteroatoms. The summed E-state index contributed by atoms with van der Waals surface area (Å²) in [5.74, 6) is -0.106. The number of aryl methyl sites for hydroxylation is 2. The van der Waals surface area contributed by atoms with Gasteiger partial charge in [-0.2, -0.15) is 23.4 Å². The van der Waals surface area contributed by atoms with Crippen LogP contribution < -0.4 is 5.32 Å². The SMILES string of the molecule is Cc1c(C(C)NC(=O)CCn2nc(C(F)(F)F)cc2C2CC2)cnn1C. The van der Waals surface area contributed by atoms with Gasteiger partial charge >= 0.3 is 6.18 Å². The molecule has 0 spiro atoms. The molecule has 2 aromatic heterocycles. The van der Waals surface area contributed by atoms with E-state index in [0.29, 0.717) is 5.69 Å². The highest BCUT2D eigenvalue weighted by molar-refractivity contribution is 5.76. The Morgan fingerprint density at radius 2 is 2.12 bits per heavy atom. The normalized spacial score (nSPS) is 15.9. The maximum absolute atomic E-state index is 12.9. The number of rotatable bonds is 6. The standard InChI is InChI=1S/C17H22F3N5O/c1-10(13-9-21-24(3)11(13)2)22-16(26)6-7-25-14(12-4-5-12)8-15(23-25)17(18,19)20/h8-10,12H,4-7H2,1-3H3,(H,22,26). The summed E-state index contributed by atoms with van der Waals surface area (Å²) in [6.45, 7) is 3.90. The smallest absolute Gasteiger partial charge is 0.349 e. The minimum absolute atomic E-state index is 0.0718. The van der Waals surface area contributed by atoms with Gasteiger partial charge in [-0.05, 0) is 32.8 Å². The van der Waals surface area contributed by atoms with Crippen molar-refractivity contribution in [2.45, 2.75) is 57.8 Å². The second kappa shape index (κ2) is 6.77. The molecule has 0 radical (unpaired) electrons. The van der Waals surface area contributed by atoms with Crippen LogP contribution in [-0.2, 0) is 24.6 Å². The fraction of sp³-hybridized carbons (Fsp3) is 0.588. The highest BCUT2D eigenvalue weighted by Gasteiger charge is 2.37.